The van der Waals surface area contributed by atoms with Crippen LogP contribution in [-0.2, 0) is 11.8 Å². The van der Waals surface area contributed by atoms with Gasteiger partial charge in [-0.05, 0) is 38.8 Å². The van der Waals surface area contributed by atoms with Crippen LogP contribution >= 0.6 is 0 Å². The molecule has 0 atom stereocenters. The van der Waals surface area contributed by atoms with E-state index in [1.54, 1.807) is 0 Å². The number of rotatable bonds is 7. The Morgan fingerprint density at radius 1 is 1.22 bits per heavy atom. The molecule has 4 nitrogen and oxygen atoms in total. The van der Waals surface area contributed by atoms with Gasteiger partial charge >= 0.3 is 0 Å². The van der Waals surface area contributed by atoms with Crippen molar-refractivity contribution in [3.63, 3.8) is 0 Å². The zero-order valence-corrected chi connectivity index (χ0v) is 11.7. The first kappa shape index (κ1) is 13.5. The van der Waals surface area contributed by atoms with E-state index in [2.05, 4.69) is 29.4 Å². The molecule has 0 radical (unpaired) electrons. The van der Waals surface area contributed by atoms with Crippen LogP contribution in [0.5, 0.6) is 0 Å². The molecule has 0 bridgehead atoms. The van der Waals surface area contributed by atoms with Crippen molar-refractivity contribution in [2.75, 3.05) is 13.1 Å². The van der Waals surface area contributed by atoms with E-state index in [0.717, 1.165) is 44.1 Å². The number of nitrogens with one attached hydrogen (secondary N) is 1. The highest BCUT2D eigenvalue weighted by atomic mass is 16.4. The van der Waals surface area contributed by atoms with Gasteiger partial charge in [0.1, 0.15) is 0 Å². The second-order valence-corrected chi connectivity index (χ2v) is 5.30. The second-order valence-electron chi connectivity index (χ2n) is 5.30. The van der Waals surface area contributed by atoms with E-state index in [4.69, 9.17) is 4.42 Å². The summed E-state index contributed by atoms with van der Waals surface area (Å²) in [5.74, 6) is 1.70. The van der Waals surface area contributed by atoms with Gasteiger partial charge in [0.25, 0.3) is 0 Å². The average molecular weight is 251 g/mol. The largest absolute Gasteiger partial charge is 0.425 e. The standard InChI is InChI=1S/C14H25N3O/c1-3-14(9-5-6-10-14)13-17-16-12(18-13)8-7-11-15-4-2/h15H,3-11H2,1-2H3. The normalized spacial score (nSPS) is 18.3. The Morgan fingerprint density at radius 2 is 2.00 bits per heavy atom. The van der Waals surface area contributed by atoms with Crippen molar-refractivity contribution < 1.29 is 4.42 Å². The minimum absolute atomic E-state index is 0.187. The molecule has 4 heteroatoms. The fourth-order valence-corrected chi connectivity index (χ4v) is 2.88. The topological polar surface area (TPSA) is 51.0 Å². The predicted molar refractivity (Wildman–Crippen MR) is 71.6 cm³/mol. The molecule has 1 fully saturated rings. The van der Waals surface area contributed by atoms with Crippen molar-refractivity contribution in [2.45, 2.75) is 64.2 Å². The second kappa shape index (κ2) is 6.32. The Morgan fingerprint density at radius 3 is 2.67 bits per heavy atom. The van der Waals surface area contributed by atoms with Gasteiger partial charge in [-0.2, -0.15) is 0 Å². The van der Waals surface area contributed by atoms with E-state index in [-0.39, 0.29) is 5.41 Å². The smallest absolute Gasteiger partial charge is 0.222 e. The number of hydrogen-bond donors (Lipinski definition) is 1. The molecule has 0 aromatic carbocycles. The molecule has 18 heavy (non-hydrogen) atoms. The number of aryl methyl sites for hydroxylation is 1. The van der Waals surface area contributed by atoms with Gasteiger partial charge < -0.3 is 9.73 Å². The van der Waals surface area contributed by atoms with Gasteiger partial charge in [0.15, 0.2) is 0 Å². The third-order valence-electron chi connectivity index (χ3n) is 4.15. The van der Waals surface area contributed by atoms with Crippen molar-refractivity contribution in [3.05, 3.63) is 11.8 Å². The zero-order chi connectivity index (χ0) is 12.8. The van der Waals surface area contributed by atoms with Crippen LogP contribution in [0.15, 0.2) is 4.42 Å². The fourth-order valence-electron chi connectivity index (χ4n) is 2.88. The van der Waals surface area contributed by atoms with Gasteiger partial charge in [-0.25, -0.2) is 0 Å². The molecular weight excluding hydrogens is 226 g/mol. The zero-order valence-electron chi connectivity index (χ0n) is 11.7. The number of hydrogen-bond acceptors (Lipinski definition) is 4. The van der Waals surface area contributed by atoms with Crippen LogP contribution in [0.1, 0.15) is 64.2 Å². The van der Waals surface area contributed by atoms with Crippen molar-refractivity contribution in [3.8, 4) is 0 Å². The summed E-state index contributed by atoms with van der Waals surface area (Å²) in [6.45, 7) is 6.40. The van der Waals surface area contributed by atoms with Crippen LogP contribution in [0.3, 0.4) is 0 Å². The monoisotopic (exact) mass is 251 g/mol. The van der Waals surface area contributed by atoms with Crippen LogP contribution in [0, 0.1) is 0 Å². The minimum atomic E-state index is 0.187. The summed E-state index contributed by atoms with van der Waals surface area (Å²) in [6.07, 6.45) is 8.09. The molecule has 1 aliphatic rings. The van der Waals surface area contributed by atoms with Gasteiger partial charge in [-0.15, -0.1) is 10.2 Å². The van der Waals surface area contributed by atoms with E-state index < -0.39 is 0 Å². The Labute approximate surface area is 110 Å². The minimum Gasteiger partial charge on any atom is -0.425 e. The first-order valence-corrected chi connectivity index (χ1v) is 7.34. The van der Waals surface area contributed by atoms with E-state index >= 15 is 0 Å². The lowest BCUT2D eigenvalue weighted by atomic mass is 9.83. The van der Waals surface area contributed by atoms with Crippen molar-refractivity contribution >= 4 is 0 Å². The van der Waals surface area contributed by atoms with Crippen LogP contribution < -0.4 is 5.32 Å². The van der Waals surface area contributed by atoms with E-state index in [0.29, 0.717) is 0 Å². The molecule has 2 rings (SSSR count). The maximum absolute atomic E-state index is 5.89. The molecule has 0 amide bonds. The third kappa shape index (κ3) is 2.91. The summed E-state index contributed by atoms with van der Waals surface area (Å²) >= 11 is 0. The van der Waals surface area contributed by atoms with Crippen LogP contribution in [0.4, 0.5) is 0 Å². The average Bonchev–Trinajstić information content (AvgIpc) is 3.04. The van der Waals surface area contributed by atoms with E-state index in [1.807, 2.05) is 0 Å². The molecule has 0 aliphatic heterocycles. The highest BCUT2D eigenvalue weighted by Crippen LogP contribution is 2.42. The highest BCUT2D eigenvalue weighted by molar-refractivity contribution is 5.06. The summed E-state index contributed by atoms with van der Waals surface area (Å²) in [5.41, 5.74) is 0.187. The molecule has 0 saturated heterocycles. The molecule has 0 unspecified atom stereocenters. The van der Waals surface area contributed by atoms with E-state index in [1.165, 1.54) is 25.7 Å². The van der Waals surface area contributed by atoms with Crippen LogP contribution in [0.2, 0.25) is 0 Å². The molecular formula is C14H25N3O. The first-order valence-electron chi connectivity index (χ1n) is 7.34. The van der Waals surface area contributed by atoms with Crippen molar-refractivity contribution in [1.82, 2.24) is 15.5 Å². The quantitative estimate of drug-likeness (QED) is 0.757. The SMILES string of the molecule is CCNCCCc1nnc(C2(CC)CCCC2)o1. The Hall–Kier alpha value is -0.900. The molecule has 1 aromatic rings. The Kier molecular flexibility index (Phi) is 4.75. The molecule has 1 aliphatic carbocycles. The van der Waals surface area contributed by atoms with Crippen molar-refractivity contribution in [1.29, 1.82) is 0 Å². The summed E-state index contributed by atoms with van der Waals surface area (Å²) in [7, 11) is 0. The predicted octanol–water partition coefficient (Wildman–Crippen LogP) is 2.83. The lowest BCUT2D eigenvalue weighted by molar-refractivity contribution is 0.304. The summed E-state index contributed by atoms with van der Waals surface area (Å²) in [5, 5.41) is 11.8. The Bertz CT molecular complexity index is 356. The van der Waals surface area contributed by atoms with Crippen molar-refractivity contribution in [2.24, 2.45) is 0 Å². The molecule has 1 heterocycles. The van der Waals surface area contributed by atoms with Crippen LogP contribution in [0.25, 0.3) is 0 Å². The van der Waals surface area contributed by atoms with E-state index in [9.17, 15) is 0 Å². The molecule has 0 spiro atoms. The fraction of sp³-hybridized carbons (Fsp3) is 0.857. The highest BCUT2D eigenvalue weighted by Gasteiger charge is 2.38. The van der Waals surface area contributed by atoms with Crippen LogP contribution in [-0.4, -0.2) is 23.3 Å². The molecule has 1 aromatic heterocycles. The molecule has 1 saturated carbocycles. The lowest BCUT2D eigenvalue weighted by Gasteiger charge is -2.22. The maximum Gasteiger partial charge on any atom is 0.222 e. The van der Waals surface area contributed by atoms with Gasteiger partial charge in [0.05, 0.1) is 0 Å². The van der Waals surface area contributed by atoms with Gasteiger partial charge in [0, 0.05) is 11.8 Å². The molecule has 1 N–H and O–H groups in total. The summed E-state index contributed by atoms with van der Waals surface area (Å²) < 4.78 is 5.89. The maximum atomic E-state index is 5.89. The number of aromatic nitrogens is 2. The number of nitrogens with zero attached hydrogens (tertiary/aromatic N) is 2. The van der Waals surface area contributed by atoms with Gasteiger partial charge in [-0.3, -0.25) is 0 Å². The van der Waals surface area contributed by atoms with Gasteiger partial charge in [-0.1, -0.05) is 26.7 Å². The summed E-state index contributed by atoms with van der Waals surface area (Å²) in [4.78, 5) is 0. The summed E-state index contributed by atoms with van der Waals surface area (Å²) in [6, 6.07) is 0. The molecule has 102 valence electrons. The van der Waals surface area contributed by atoms with Gasteiger partial charge in [0.2, 0.25) is 11.8 Å². The first-order chi connectivity index (χ1) is 8.80. The lowest BCUT2D eigenvalue weighted by Crippen LogP contribution is -2.21. The third-order valence-corrected chi connectivity index (χ3v) is 4.15. The Balaban J connectivity index is 1.92.